The molecule has 0 bridgehead atoms. The molecule has 0 aromatic heterocycles. The van der Waals surface area contributed by atoms with E-state index in [-0.39, 0.29) is 5.91 Å². The van der Waals surface area contributed by atoms with Crippen LogP contribution in [-0.2, 0) is 0 Å². The van der Waals surface area contributed by atoms with Crippen LogP contribution in [0.25, 0.3) is 0 Å². The number of thiol groups is 1. The van der Waals surface area contributed by atoms with Crippen LogP contribution in [0.2, 0.25) is 0 Å². The number of likely N-dealkylation sites (tertiary alicyclic amines) is 1. The van der Waals surface area contributed by atoms with E-state index in [0.717, 1.165) is 31.5 Å². The molecule has 1 atom stereocenters. The highest BCUT2D eigenvalue weighted by molar-refractivity contribution is 7.80. The number of hydrogen-bond acceptors (Lipinski definition) is 3. The van der Waals surface area contributed by atoms with Crippen molar-refractivity contribution in [1.29, 1.82) is 0 Å². The van der Waals surface area contributed by atoms with E-state index in [9.17, 15) is 4.79 Å². The van der Waals surface area contributed by atoms with Gasteiger partial charge in [-0.25, -0.2) is 0 Å². The maximum absolute atomic E-state index is 12.0. The van der Waals surface area contributed by atoms with Crippen LogP contribution in [0.4, 0.5) is 0 Å². The number of nitrogens with zero attached hydrogens (tertiary/aromatic N) is 1. The Kier molecular flexibility index (Phi) is 4.66. The lowest BCUT2D eigenvalue weighted by Crippen LogP contribution is -2.46. The van der Waals surface area contributed by atoms with Gasteiger partial charge in [-0.1, -0.05) is 18.2 Å². The third-order valence-corrected chi connectivity index (χ3v) is 3.76. The number of rotatable bonds is 3. The van der Waals surface area contributed by atoms with Gasteiger partial charge in [0, 0.05) is 30.1 Å². The van der Waals surface area contributed by atoms with Crippen molar-refractivity contribution in [1.82, 2.24) is 10.2 Å². The highest BCUT2D eigenvalue weighted by Crippen LogP contribution is 2.15. The molecular weight excluding hydrogens is 244 g/mol. The Morgan fingerprint density at radius 2 is 1.94 bits per heavy atom. The fraction of sp³-hybridized carbons (Fsp3) is 0.500. The molecule has 1 aromatic carbocycles. The van der Waals surface area contributed by atoms with Gasteiger partial charge in [0.15, 0.2) is 0 Å². The monoisotopic (exact) mass is 264 g/mol. The Bertz CT molecular complexity index is 386. The first kappa shape index (κ1) is 13.4. The van der Waals surface area contributed by atoms with E-state index in [4.69, 9.17) is 0 Å². The second kappa shape index (κ2) is 6.25. The molecule has 18 heavy (non-hydrogen) atoms. The molecule has 1 aliphatic heterocycles. The molecule has 1 saturated heterocycles. The van der Waals surface area contributed by atoms with Crippen molar-refractivity contribution in [3.8, 4) is 0 Å². The molecule has 98 valence electrons. The van der Waals surface area contributed by atoms with Gasteiger partial charge in [-0.3, -0.25) is 9.69 Å². The normalized spacial score (nSPS) is 19.4. The lowest BCUT2D eigenvalue weighted by Gasteiger charge is -2.34. The summed E-state index contributed by atoms with van der Waals surface area (Å²) >= 11 is 4.44. The van der Waals surface area contributed by atoms with Crippen molar-refractivity contribution < 1.29 is 4.79 Å². The Labute approximate surface area is 114 Å². The van der Waals surface area contributed by atoms with Crippen LogP contribution in [0.5, 0.6) is 0 Å². The second-order valence-corrected chi connectivity index (χ2v) is 5.53. The first-order chi connectivity index (χ1) is 8.66. The topological polar surface area (TPSA) is 32.3 Å². The molecule has 1 aromatic rings. The van der Waals surface area contributed by atoms with Crippen LogP contribution in [0, 0.1) is 0 Å². The summed E-state index contributed by atoms with van der Waals surface area (Å²) in [6.07, 6.45) is 2.01. The maximum Gasteiger partial charge on any atom is 0.251 e. The van der Waals surface area contributed by atoms with Gasteiger partial charge in [0.2, 0.25) is 0 Å². The molecule has 0 radical (unpaired) electrons. The highest BCUT2D eigenvalue weighted by atomic mass is 32.1. The summed E-state index contributed by atoms with van der Waals surface area (Å²) < 4.78 is 0. The molecule has 1 aliphatic rings. The first-order valence-corrected chi connectivity index (χ1v) is 6.96. The third kappa shape index (κ3) is 3.50. The Hall–Kier alpha value is -1.00. The number of benzene rings is 1. The molecule has 2 rings (SSSR count). The summed E-state index contributed by atoms with van der Waals surface area (Å²) in [4.78, 5) is 14.3. The quantitative estimate of drug-likeness (QED) is 0.820. The predicted molar refractivity (Wildman–Crippen MR) is 77.0 cm³/mol. The SMILES string of the molecule is CC(S)N1CCC(NC(=O)c2ccccc2)CC1. The minimum Gasteiger partial charge on any atom is -0.349 e. The maximum atomic E-state index is 12.0. The van der Waals surface area contributed by atoms with E-state index in [0.29, 0.717) is 11.4 Å². The first-order valence-electron chi connectivity index (χ1n) is 6.45. The van der Waals surface area contributed by atoms with Gasteiger partial charge in [-0.15, -0.1) is 0 Å². The molecule has 3 nitrogen and oxygen atoms in total. The van der Waals surface area contributed by atoms with Crippen LogP contribution in [0.3, 0.4) is 0 Å². The molecule has 1 N–H and O–H groups in total. The fourth-order valence-electron chi connectivity index (χ4n) is 2.28. The Morgan fingerprint density at radius 1 is 1.33 bits per heavy atom. The van der Waals surface area contributed by atoms with Crippen LogP contribution >= 0.6 is 12.6 Å². The van der Waals surface area contributed by atoms with E-state index in [1.807, 2.05) is 30.3 Å². The lowest BCUT2D eigenvalue weighted by molar-refractivity contribution is 0.0910. The van der Waals surface area contributed by atoms with Gasteiger partial charge < -0.3 is 5.32 Å². The minimum absolute atomic E-state index is 0.0352. The number of nitrogens with one attached hydrogen (secondary N) is 1. The number of hydrogen-bond donors (Lipinski definition) is 2. The predicted octanol–water partition coefficient (Wildman–Crippen LogP) is 2.16. The summed E-state index contributed by atoms with van der Waals surface area (Å²) in [5.74, 6) is 0.0352. The standard InChI is InChI=1S/C14H20N2OS/c1-11(18)16-9-7-13(8-10-16)15-14(17)12-5-3-2-4-6-12/h2-6,11,13,18H,7-10H2,1H3,(H,15,17). The summed E-state index contributed by atoms with van der Waals surface area (Å²) in [7, 11) is 0. The molecule has 0 aliphatic carbocycles. The largest absolute Gasteiger partial charge is 0.349 e. The smallest absolute Gasteiger partial charge is 0.251 e. The van der Waals surface area contributed by atoms with Crippen molar-refractivity contribution in [3.05, 3.63) is 35.9 Å². The summed E-state index contributed by atoms with van der Waals surface area (Å²) in [6.45, 7) is 4.10. The van der Waals surface area contributed by atoms with Gasteiger partial charge in [-0.2, -0.15) is 12.6 Å². The van der Waals surface area contributed by atoms with Crippen molar-refractivity contribution in [2.24, 2.45) is 0 Å². The van der Waals surface area contributed by atoms with Gasteiger partial charge in [0.25, 0.3) is 5.91 Å². The Balaban J connectivity index is 1.83. The van der Waals surface area contributed by atoms with Crippen molar-refractivity contribution >= 4 is 18.5 Å². The van der Waals surface area contributed by atoms with Gasteiger partial charge >= 0.3 is 0 Å². The summed E-state index contributed by atoms with van der Waals surface area (Å²) in [5.41, 5.74) is 0.738. The molecular formula is C14H20N2OS. The van der Waals surface area contributed by atoms with Crippen LogP contribution in [0.15, 0.2) is 30.3 Å². The number of piperidine rings is 1. The minimum atomic E-state index is 0.0352. The average molecular weight is 264 g/mol. The molecule has 4 heteroatoms. The van der Waals surface area contributed by atoms with Crippen LogP contribution in [0.1, 0.15) is 30.1 Å². The molecule has 1 unspecified atom stereocenters. The summed E-state index contributed by atoms with van der Waals surface area (Å²) in [5, 5.41) is 3.41. The van der Waals surface area contributed by atoms with E-state index in [1.54, 1.807) is 0 Å². The van der Waals surface area contributed by atoms with Crippen molar-refractivity contribution in [2.45, 2.75) is 31.2 Å². The number of carbonyl (C=O) groups is 1. The second-order valence-electron chi connectivity index (χ2n) is 4.78. The Morgan fingerprint density at radius 3 is 2.50 bits per heavy atom. The summed E-state index contributed by atoms with van der Waals surface area (Å²) in [6, 6.07) is 9.69. The molecule has 1 fully saturated rings. The molecule has 1 heterocycles. The highest BCUT2D eigenvalue weighted by Gasteiger charge is 2.22. The number of amides is 1. The van der Waals surface area contributed by atoms with E-state index < -0.39 is 0 Å². The molecule has 0 spiro atoms. The van der Waals surface area contributed by atoms with Gasteiger partial charge in [0.05, 0.1) is 0 Å². The zero-order valence-corrected chi connectivity index (χ0v) is 11.6. The van der Waals surface area contributed by atoms with E-state index in [1.165, 1.54) is 0 Å². The number of carbonyl (C=O) groups excluding carboxylic acids is 1. The van der Waals surface area contributed by atoms with E-state index in [2.05, 4.69) is 29.8 Å². The lowest BCUT2D eigenvalue weighted by atomic mass is 10.0. The zero-order chi connectivity index (χ0) is 13.0. The fourth-order valence-corrected chi connectivity index (χ4v) is 2.51. The van der Waals surface area contributed by atoms with Gasteiger partial charge in [-0.05, 0) is 31.9 Å². The van der Waals surface area contributed by atoms with Crippen molar-refractivity contribution in [3.63, 3.8) is 0 Å². The van der Waals surface area contributed by atoms with Crippen LogP contribution < -0.4 is 5.32 Å². The zero-order valence-electron chi connectivity index (χ0n) is 10.7. The van der Waals surface area contributed by atoms with Gasteiger partial charge in [0.1, 0.15) is 0 Å². The van der Waals surface area contributed by atoms with E-state index >= 15 is 0 Å². The average Bonchev–Trinajstić information content (AvgIpc) is 2.40. The molecule has 0 saturated carbocycles. The molecule has 1 amide bonds. The van der Waals surface area contributed by atoms with Crippen molar-refractivity contribution in [2.75, 3.05) is 13.1 Å². The van der Waals surface area contributed by atoms with Crippen LogP contribution in [-0.4, -0.2) is 35.3 Å². The third-order valence-electron chi connectivity index (χ3n) is 3.43.